The Morgan fingerprint density at radius 1 is 1.10 bits per heavy atom. The zero-order chi connectivity index (χ0) is 15.5. The zero-order valence-corrected chi connectivity index (χ0v) is 14.5. The van der Waals surface area contributed by atoms with Crippen LogP contribution in [0.1, 0.15) is 84.5 Å². The Bertz CT molecular complexity index is 275. The van der Waals surface area contributed by atoms with E-state index >= 15 is 0 Å². The van der Waals surface area contributed by atoms with Gasteiger partial charge < -0.3 is 4.74 Å². The fourth-order valence-electron chi connectivity index (χ4n) is 3.95. The second kappa shape index (κ2) is 11.2. The van der Waals surface area contributed by atoms with Crippen LogP contribution in [0.2, 0.25) is 0 Å². The first-order chi connectivity index (χ1) is 10.2. The molecule has 1 saturated carbocycles. The molecule has 1 rings (SSSR count). The van der Waals surface area contributed by atoms with Crippen molar-refractivity contribution < 1.29 is 9.53 Å². The van der Waals surface area contributed by atoms with Crippen LogP contribution in [0, 0.1) is 17.8 Å². The second-order valence-corrected chi connectivity index (χ2v) is 6.96. The number of carbonyl (C=O) groups is 1. The molecular weight excluding hydrogens is 260 g/mol. The van der Waals surface area contributed by atoms with Crippen molar-refractivity contribution in [3.8, 4) is 0 Å². The molecule has 1 aliphatic rings. The van der Waals surface area contributed by atoms with Gasteiger partial charge in [0.1, 0.15) is 5.78 Å². The van der Waals surface area contributed by atoms with E-state index < -0.39 is 0 Å². The third-order valence-corrected chi connectivity index (χ3v) is 5.20. The Morgan fingerprint density at radius 2 is 1.81 bits per heavy atom. The normalized spacial score (nSPS) is 26.0. The quantitative estimate of drug-likeness (QED) is 0.477. The first kappa shape index (κ1) is 18.7. The van der Waals surface area contributed by atoms with E-state index in [1.807, 2.05) is 0 Å². The largest absolute Gasteiger partial charge is 0.385 e. The molecule has 2 heteroatoms. The van der Waals surface area contributed by atoms with Gasteiger partial charge in [0.2, 0.25) is 0 Å². The lowest BCUT2D eigenvalue weighted by atomic mass is 9.69. The number of hydrogen-bond donors (Lipinski definition) is 0. The molecule has 0 aliphatic heterocycles. The summed E-state index contributed by atoms with van der Waals surface area (Å²) < 4.78 is 5.23. The second-order valence-electron chi connectivity index (χ2n) is 6.96. The van der Waals surface area contributed by atoms with Crippen LogP contribution in [0.4, 0.5) is 0 Å². The monoisotopic (exact) mass is 296 g/mol. The highest BCUT2D eigenvalue weighted by Gasteiger charge is 2.34. The SMILES string of the molecule is CCCCCCCCC(=O)C1C(C)CCCC1CCOC. The number of carbonyl (C=O) groups excluding carboxylic acids is 1. The lowest BCUT2D eigenvalue weighted by molar-refractivity contribution is -0.128. The molecule has 3 atom stereocenters. The van der Waals surface area contributed by atoms with Crippen molar-refractivity contribution >= 4 is 5.78 Å². The average molecular weight is 296 g/mol. The maximum absolute atomic E-state index is 12.6. The molecule has 0 spiro atoms. The van der Waals surface area contributed by atoms with E-state index in [9.17, 15) is 4.79 Å². The molecule has 1 fully saturated rings. The number of rotatable bonds is 11. The van der Waals surface area contributed by atoms with Crippen molar-refractivity contribution in [2.75, 3.05) is 13.7 Å². The van der Waals surface area contributed by atoms with Gasteiger partial charge in [0, 0.05) is 26.1 Å². The number of ether oxygens (including phenoxy) is 1. The van der Waals surface area contributed by atoms with Gasteiger partial charge in [0.25, 0.3) is 0 Å². The number of ketones is 1. The van der Waals surface area contributed by atoms with Crippen LogP contribution in [0.3, 0.4) is 0 Å². The summed E-state index contributed by atoms with van der Waals surface area (Å²) in [6, 6.07) is 0. The molecule has 3 unspecified atom stereocenters. The Balaban J connectivity index is 2.33. The van der Waals surface area contributed by atoms with E-state index in [0.29, 0.717) is 23.5 Å². The highest BCUT2D eigenvalue weighted by Crippen LogP contribution is 2.38. The first-order valence-corrected chi connectivity index (χ1v) is 9.22. The summed E-state index contributed by atoms with van der Waals surface area (Å²) in [5.41, 5.74) is 0. The number of methoxy groups -OCH3 is 1. The Morgan fingerprint density at radius 3 is 2.52 bits per heavy atom. The van der Waals surface area contributed by atoms with Crippen molar-refractivity contribution in [2.24, 2.45) is 17.8 Å². The van der Waals surface area contributed by atoms with Gasteiger partial charge in [-0.25, -0.2) is 0 Å². The lowest BCUT2D eigenvalue weighted by Crippen LogP contribution is -2.34. The number of Topliss-reactive ketones (excluding diaryl/α,β-unsaturated/α-hetero) is 1. The van der Waals surface area contributed by atoms with Gasteiger partial charge in [0.05, 0.1) is 0 Å². The van der Waals surface area contributed by atoms with E-state index in [-0.39, 0.29) is 0 Å². The Kier molecular flexibility index (Phi) is 9.99. The number of unbranched alkanes of at least 4 members (excludes halogenated alkanes) is 5. The molecule has 0 aromatic rings. The zero-order valence-electron chi connectivity index (χ0n) is 14.5. The van der Waals surface area contributed by atoms with E-state index in [1.165, 1.54) is 51.4 Å². The molecule has 0 radical (unpaired) electrons. The molecule has 0 bridgehead atoms. The fourth-order valence-corrected chi connectivity index (χ4v) is 3.95. The minimum atomic E-state index is 0.310. The summed E-state index contributed by atoms with van der Waals surface area (Å²) in [5.74, 6) is 2.00. The molecule has 21 heavy (non-hydrogen) atoms. The molecular formula is C19H36O2. The molecule has 124 valence electrons. The van der Waals surface area contributed by atoms with Crippen molar-refractivity contribution in [1.29, 1.82) is 0 Å². The Hall–Kier alpha value is -0.370. The maximum atomic E-state index is 12.6. The molecule has 0 aromatic carbocycles. The minimum Gasteiger partial charge on any atom is -0.385 e. The van der Waals surface area contributed by atoms with Gasteiger partial charge in [0.15, 0.2) is 0 Å². The van der Waals surface area contributed by atoms with Crippen molar-refractivity contribution in [3.63, 3.8) is 0 Å². The molecule has 0 amide bonds. The topological polar surface area (TPSA) is 26.3 Å². The summed E-state index contributed by atoms with van der Waals surface area (Å²) >= 11 is 0. The van der Waals surface area contributed by atoms with Gasteiger partial charge in [-0.05, 0) is 31.1 Å². The summed E-state index contributed by atoms with van der Waals surface area (Å²) in [5, 5.41) is 0. The first-order valence-electron chi connectivity index (χ1n) is 9.22. The van der Waals surface area contributed by atoms with E-state index in [1.54, 1.807) is 7.11 Å². The van der Waals surface area contributed by atoms with E-state index in [4.69, 9.17) is 4.74 Å². The van der Waals surface area contributed by atoms with Gasteiger partial charge >= 0.3 is 0 Å². The summed E-state index contributed by atoms with van der Waals surface area (Å²) in [7, 11) is 1.76. The molecule has 1 aliphatic carbocycles. The van der Waals surface area contributed by atoms with E-state index in [0.717, 1.165) is 25.9 Å². The standard InChI is InChI=1S/C19H36O2/c1-4-5-6-7-8-9-13-18(20)19-16(2)11-10-12-17(19)14-15-21-3/h16-17,19H,4-15H2,1-3H3. The smallest absolute Gasteiger partial charge is 0.136 e. The molecule has 0 aromatic heterocycles. The van der Waals surface area contributed by atoms with Crippen LogP contribution in [0.15, 0.2) is 0 Å². The molecule has 2 nitrogen and oxygen atoms in total. The molecule has 0 heterocycles. The van der Waals surface area contributed by atoms with Crippen LogP contribution >= 0.6 is 0 Å². The molecule has 0 N–H and O–H groups in total. The van der Waals surface area contributed by atoms with Crippen molar-refractivity contribution in [1.82, 2.24) is 0 Å². The predicted molar refractivity (Wildman–Crippen MR) is 89.5 cm³/mol. The van der Waals surface area contributed by atoms with Gasteiger partial charge in [-0.3, -0.25) is 4.79 Å². The Labute approximate surface area is 132 Å². The average Bonchev–Trinajstić information content (AvgIpc) is 2.48. The van der Waals surface area contributed by atoms with Crippen LogP contribution in [-0.2, 0) is 9.53 Å². The highest BCUT2D eigenvalue weighted by atomic mass is 16.5. The van der Waals surface area contributed by atoms with Crippen LogP contribution < -0.4 is 0 Å². The summed E-state index contributed by atoms with van der Waals surface area (Å²) in [6.45, 7) is 5.33. The summed E-state index contributed by atoms with van der Waals surface area (Å²) in [6.07, 6.45) is 13.2. The maximum Gasteiger partial charge on any atom is 0.136 e. The van der Waals surface area contributed by atoms with Crippen LogP contribution in [0.5, 0.6) is 0 Å². The van der Waals surface area contributed by atoms with Crippen LogP contribution in [0.25, 0.3) is 0 Å². The molecule has 0 saturated heterocycles. The van der Waals surface area contributed by atoms with Crippen LogP contribution in [-0.4, -0.2) is 19.5 Å². The van der Waals surface area contributed by atoms with Gasteiger partial charge in [-0.2, -0.15) is 0 Å². The van der Waals surface area contributed by atoms with Crippen molar-refractivity contribution in [3.05, 3.63) is 0 Å². The third-order valence-electron chi connectivity index (χ3n) is 5.20. The number of hydrogen-bond acceptors (Lipinski definition) is 2. The van der Waals surface area contributed by atoms with Gasteiger partial charge in [-0.1, -0.05) is 58.8 Å². The minimum absolute atomic E-state index is 0.310. The highest BCUT2D eigenvalue weighted by molar-refractivity contribution is 5.81. The predicted octanol–water partition coefficient (Wildman–Crippen LogP) is 5.40. The third kappa shape index (κ3) is 6.95. The van der Waals surface area contributed by atoms with Crippen molar-refractivity contribution in [2.45, 2.75) is 84.5 Å². The lowest BCUT2D eigenvalue weighted by Gasteiger charge is -2.35. The summed E-state index contributed by atoms with van der Waals surface area (Å²) in [4.78, 5) is 12.6. The van der Waals surface area contributed by atoms with Gasteiger partial charge in [-0.15, -0.1) is 0 Å². The fraction of sp³-hybridized carbons (Fsp3) is 0.947. The van der Waals surface area contributed by atoms with E-state index in [2.05, 4.69) is 13.8 Å².